The number of alkyl halides is 1. The molecule has 0 atom stereocenters. The number of rotatable bonds is 4. The van der Waals surface area contributed by atoms with Crippen molar-refractivity contribution in [2.45, 2.75) is 45.4 Å². The van der Waals surface area contributed by atoms with Crippen molar-refractivity contribution in [1.29, 1.82) is 0 Å². The van der Waals surface area contributed by atoms with Gasteiger partial charge in [-0.3, -0.25) is 0 Å². The molecule has 0 aliphatic heterocycles. The molecular weight excluding hydrogens is 276 g/mol. The fourth-order valence-electron chi connectivity index (χ4n) is 2.58. The van der Waals surface area contributed by atoms with E-state index in [2.05, 4.69) is 41.1 Å². The predicted octanol–water partition coefficient (Wildman–Crippen LogP) is 5.20. The zero-order chi connectivity index (χ0) is 12.1. The van der Waals surface area contributed by atoms with Gasteiger partial charge in [0, 0.05) is 11.8 Å². The minimum atomic E-state index is 0.762. The van der Waals surface area contributed by atoms with Crippen molar-refractivity contribution in [2.75, 3.05) is 5.33 Å². The highest BCUT2D eigenvalue weighted by Crippen LogP contribution is 2.31. The first-order valence-electron chi connectivity index (χ1n) is 6.68. The smallest absolute Gasteiger partial charge is 0.127 e. The number of hydrogen-bond acceptors (Lipinski definition) is 1. The van der Waals surface area contributed by atoms with Gasteiger partial charge >= 0.3 is 0 Å². The Morgan fingerprint density at radius 2 is 2.12 bits per heavy atom. The number of hydrogen-bond donors (Lipinski definition) is 0. The first-order valence-corrected chi connectivity index (χ1v) is 7.80. The van der Waals surface area contributed by atoms with Gasteiger partial charge in [-0.05, 0) is 37.0 Å². The average Bonchev–Trinajstić information content (AvgIpc) is 2.84. The summed E-state index contributed by atoms with van der Waals surface area (Å²) in [6.07, 6.45) is 10.1. The highest BCUT2D eigenvalue weighted by atomic mass is 79.9. The Hall–Kier alpha value is -0.500. The second-order valence-corrected chi connectivity index (χ2v) is 5.41. The van der Waals surface area contributed by atoms with E-state index in [1.54, 1.807) is 0 Å². The molecule has 1 aliphatic rings. The van der Waals surface area contributed by atoms with Crippen LogP contribution in [0.3, 0.4) is 0 Å². The fourth-order valence-corrected chi connectivity index (χ4v) is 3.20. The van der Waals surface area contributed by atoms with Gasteiger partial charge in [-0.2, -0.15) is 0 Å². The summed E-state index contributed by atoms with van der Waals surface area (Å²) in [7, 11) is 0. The van der Waals surface area contributed by atoms with Gasteiger partial charge in [0.05, 0.1) is 0 Å². The van der Waals surface area contributed by atoms with Crippen LogP contribution in [-0.4, -0.2) is 5.33 Å². The molecule has 1 aliphatic carbocycles. The van der Waals surface area contributed by atoms with Crippen LogP contribution in [0.4, 0.5) is 0 Å². The summed E-state index contributed by atoms with van der Waals surface area (Å²) >= 11 is 3.62. The Labute approximate surface area is 112 Å². The Balaban J connectivity index is 2.10. The maximum absolute atomic E-state index is 5.76. The summed E-state index contributed by atoms with van der Waals surface area (Å²) < 4.78 is 5.76. The topological polar surface area (TPSA) is 13.1 Å². The molecule has 17 heavy (non-hydrogen) atoms. The molecule has 0 aromatic carbocycles. The van der Waals surface area contributed by atoms with E-state index < -0.39 is 0 Å². The SMILES string of the molecule is CCc1ccc(C=C(CBr)C2CCCCC2)o1. The van der Waals surface area contributed by atoms with E-state index in [9.17, 15) is 0 Å². The van der Waals surface area contributed by atoms with Crippen LogP contribution in [0.1, 0.15) is 50.5 Å². The van der Waals surface area contributed by atoms with Crippen LogP contribution in [0.15, 0.2) is 22.1 Å². The van der Waals surface area contributed by atoms with E-state index >= 15 is 0 Å². The molecule has 0 unspecified atom stereocenters. The van der Waals surface area contributed by atoms with Crippen molar-refractivity contribution in [1.82, 2.24) is 0 Å². The summed E-state index contributed by atoms with van der Waals surface area (Å²) in [6.45, 7) is 2.12. The molecule has 1 saturated carbocycles. The summed E-state index contributed by atoms with van der Waals surface area (Å²) in [6, 6.07) is 4.17. The largest absolute Gasteiger partial charge is 0.462 e. The molecule has 2 rings (SSSR count). The third kappa shape index (κ3) is 3.48. The van der Waals surface area contributed by atoms with Crippen LogP contribution in [0.25, 0.3) is 6.08 Å². The summed E-state index contributed by atoms with van der Waals surface area (Å²) in [5, 5.41) is 0.972. The molecule has 1 aromatic heterocycles. The Morgan fingerprint density at radius 1 is 1.35 bits per heavy atom. The van der Waals surface area contributed by atoms with Gasteiger partial charge in [-0.1, -0.05) is 47.7 Å². The molecular formula is C15H21BrO. The lowest BCUT2D eigenvalue weighted by atomic mass is 9.84. The van der Waals surface area contributed by atoms with Crippen molar-refractivity contribution in [2.24, 2.45) is 5.92 Å². The second-order valence-electron chi connectivity index (χ2n) is 4.85. The lowest BCUT2D eigenvalue weighted by molar-refractivity contribution is 0.405. The molecule has 0 radical (unpaired) electrons. The fraction of sp³-hybridized carbons (Fsp3) is 0.600. The van der Waals surface area contributed by atoms with Gasteiger partial charge in [-0.15, -0.1) is 0 Å². The van der Waals surface area contributed by atoms with Crippen LogP contribution in [0, 0.1) is 5.92 Å². The first kappa shape index (κ1) is 12.9. The Morgan fingerprint density at radius 3 is 2.71 bits per heavy atom. The molecule has 0 saturated heterocycles. The van der Waals surface area contributed by atoms with Gasteiger partial charge in [-0.25, -0.2) is 0 Å². The van der Waals surface area contributed by atoms with Crippen LogP contribution in [-0.2, 0) is 6.42 Å². The highest BCUT2D eigenvalue weighted by molar-refractivity contribution is 9.09. The summed E-state index contributed by atoms with van der Waals surface area (Å²) in [5.41, 5.74) is 1.50. The molecule has 0 spiro atoms. The van der Waals surface area contributed by atoms with Crippen molar-refractivity contribution in [3.63, 3.8) is 0 Å². The maximum atomic E-state index is 5.76. The molecule has 1 aromatic rings. The van der Waals surface area contributed by atoms with E-state index in [0.717, 1.165) is 29.2 Å². The Kier molecular flexibility index (Phi) is 4.90. The normalized spacial score (nSPS) is 18.6. The van der Waals surface area contributed by atoms with Crippen LogP contribution < -0.4 is 0 Å². The van der Waals surface area contributed by atoms with E-state index in [4.69, 9.17) is 4.42 Å². The number of furan rings is 1. The quantitative estimate of drug-likeness (QED) is 0.696. The molecule has 0 bridgehead atoms. The van der Waals surface area contributed by atoms with Gasteiger partial charge in [0.25, 0.3) is 0 Å². The molecule has 1 fully saturated rings. The van der Waals surface area contributed by atoms with Gasteiger partial charge in [0.2, 0.25) is 0 Å². The minimum Gasteiger partial charge on any atom is -0.462 e. The van der Waals surface area contributed by atoms with E-state index in [1.807, 2.05) is 0 Å². The minimum absolute atomic E-state index is 0.762. The van der Waals surface area contributed by atoms with E-state index in [-0.39, 0.29) is 0 Å². The second kappa shape index (κ2) is 6.44. The van der Waals surface area contributed by atoms with Crippen molar-refractivity contribution in [3.8, 4) is 0 Å². The molecule has 1 heterocycles. The average molecular weight is 297 g/mol. The van der Waals surface area contributed by atoms with Crippen LogP contribution >= 0.6 is 15.9 Å². The zero-order valence-corrected chi connectivity index (χ0v) is 12.1. The molecule has 0 amide bonds. The molecule has 0 N–H and O–H groups in total. The maximum Gasteiger partial charge on any atom is 0.127 e. The van der Waals surface area contributed by atoms with Gasteiger partial charge in [0.15, 0.2) is 0 Å². The summed E-state index contributed by atoms with van der Waals surface area (Å²) in [5.74, 6) is 2.86. The third-order valence-electron chi connectivity index (χ3n) is 3.64. The standard InChI is InChI=1S/C15H21BrO/c1-2-14-8-9-15(17-14)10-13(11-16)12-6-4-3-5-7-12/h8-10,12H,2-7,11H2,1H3. The predicted molar refractivity (Wildman–Crippen MR) is 76.4 cm³/mol. The molecule has 1 nitrogen and oxygen atoms in total. The third-order valence-corrected chi connectivity index (χ3v) is 4.29. The lowest BCUT2D eigenvalue weighted by Crippen LogP contribution is -2.09. The number of halogens is 1. The summed E-state index contributed by atoms with van der Waals surface area (Å²) in [4.78, 5) is 0. The monoisotopic (exact) mass is 296 g/mol. The van der Waals surface area contributed by atoms with E-state index in [0.29, 0.717) is 0 Å². The molecule has 2 heteroatoms. The van der Waals surface area contributed by atoms with Crippen molar-refractivity contribution < 1.29 is 4.42 Å². The number of aryl methyl sites for hydroxylation is 1. The van der Waals surface area contributed by atoms with Gasteiger partial charge in [0.1, 0.15) is 11.5 Å². The van der Waals surface area contributed by atoms with Crippen molar-refractivity contribution in [3.05, 3.63) is 29.2 Å². The highest BCUT2D eigenvalue weighted by Gasteiger charge is 2.17. The van der Waals surface area contributed by atoms with Gasteiger partial charge < -0.3 is 4.42 Å². The molecule has 94 valence electrons. The Bertz CT molecular complexity index is 372. The first-order chi connectivity index (χ1) is 8.33. The van der Waals surface area contributed by atoms with Crippen molar-refractivity contribution >= 4 is 22.0 Å². The number of allylic oxidation sites excluding steroid dienone is 1. The van der Waals surface area contributed by atoms with Crippen LogP contribution in [0.2, 0.25) is 0 Å². The zero-order valence-electron chi connectivity index (χ0n) is 10.5. The van der Waals surface area contributed by atoms with E-state index in [1.165, 1.54) is 37.7 Å². The van der Waals surface area contributed by atoms with Crippen LogP contribution in [0.5, 0.6) is 0 Å². The lowest BCUT2D eigenvalue weighted by Gasteiger charge is -2.23.